The van der Waals surface area contributed by atoms with E-state index in [0.717, 1.165) is 38.7 Å². The number of fused-ring (bicyclic) bond motifs is 3. The van der Waals surface area contributed by atoms with Crippen molar-refractivity contribution in [2.75, 3.05) is 0 Å². The summed E-state index contributed by atoms with van der Waals surface area (Å²) in [7, 11) is 0. The molecule has 9 rings (SSSR count). The fraction of sp³-hybridized carbons (Fsp3) is 0.170. The molecule has 256 valence electrons. The molecule has 4 unspecified atom stereocenters. The largest absolute Gasteiger partial charge is 0.256 e. The van der Waals surface area contributed by atoms with Crippen LogP contribution < -0.4 is 0 Å². The number of hydrogen-bond donors (Lipinski definition) is 0. The summed E-state index contributed by atoms with van der Waals surface area (Å²) >= 11 is 0. The van der Waals surface area contributed by atoms with E-state index in [9.17, 15) is 15.8 Å². The van der Waals surface area contributed by atoms with Crippen molar-refractivity contribution in [3.63, 3.8) is 0 Å². The van der Waals surface area contributed by atoms with Crippen molar-refractivity contribution < 1.29 is 0 Å². The van der Waals surface area contributed by atoms with Gasteiger partial charge in [0.2, 0.25) is 0 Å². The Morgan fingerprint density at radius 1 is 0.481 bits per heavy atom. The quantitative estimate of drug-likeness (QED) is 0.170. The average molecular weight is 696 g/mol. The first-order chi connectivity index (χ1) is 26.5. The van der Waals surface area contributed by atoms with Gasteiger partial charge < -0.3 is 0 Å². The van der Waals surface area contributed by atoms with E-state index in [1.54, 1.807) is 24.3 Å². The molecule has 0 spiro atoms. The molecule has 2 fully saturated rings. The lowest BCUT2D eigenvalue weighted by molar-refractivity contribution is 0.312. The third kappa shape index (κ3) is 6.25. The Bertz CT molecular complexity index is 2570. The van der Waals surface area contributed by atoms with Crippen LogP contribution in [0.4, 0.5) is 0 Å². The highest BCUT2D eigenvalue weighted by Crippen LogP contribution is 2.55. The molecule has 7 aromatic rings. The average Bonchev–Trinajstić information content (AvgIpc) is 3.55. The van der Waals surface area contributed by atoms with Gasteiger partial charge in [-0.2, -0.15) is 15.8 Å². The van der Waals surface area contributed by atoms with Gasteiger partial charge in [0.15, 0.2) is 17.5 Å². The van der Waals surface area contributed by atoms with Crippen molar-refractivity contribution in [3.8, 4) is 63.5 Å². The number of nitriles is 3. The Morgan fingerprint density at radius 3 is 1.57 bits per heavy atom. The zero-order valence-corrected chi connectivity index (χ0v) is 29.4. The van der Waals surface area contributed by atoms with Gasteiger partial charge in [-0.15, -0.1) is 0 Å². The molecule has 0 aliphatic heterocycles. The van der Waals surface area contributed by atoms with E-state index in [2.05, 4.69) is 71.7 Å². The molecule has 0 amide bonds. The first-order valence-electron chi connectivity index (χ1n) is 18.3. The summed E-state index contributed by atoms with van der Waals surface area (Å²) in [5.41, 5.74) is 10.2. The van der Waals surface area contributed by atoms with Crippen molar-refractivity contribution >= 4 is 10.9 Å². The summed E-state index contributed by atoms with van der Waals surface area (Å²) in [6.07, 6.45) is 6.73. The molecular formula is C47H33N7. The summed E-state index contributed by atoms with van der Waals surface area (Å²) < 4.78 is 0. The van der Waals surface area contributed by atoms with Crippen LogP contribution >= 0.6 is 0 Å². The minimum atomic E-state index is 0.506. The van der Waals surface area contributed by atoms with Gasteiger partial charge in [-0.25, -0.2) is 15.0 Å². The van der Waals surface area contributed by atoms with Gasteiger partial charge >= 0.3 is 0 Å². The van der Waals surface area contributed by atoms with Gasteiger partial charge in [-0.1, -0.05) is 48.5 Å². The molecule has 0 saturated heterocycles. The first kappa shape index (κ1) is 32.9. The predicted molar refractivity (Wildman–Crippen MR) is 208 cm³/mol. The topological polar surface area (TPSA) is 123 Å². The van der Waals surface area contributed by atoms with Crippen LogP contribution in [-0.2, 0) is 0 Å². The summed E-state index contributed by atoms with van der Waals surface area (Å²) in [6.45, 7) is 0. The van der Waals surface area contributed by atoms with E-state index in [0.29, 0.717) is 57.8 Å². The molecule has 2 bridgehead atoms. The minimum Gasteiger partial charge on any atom is -0.256 e. The predicted octanol–water partition coefficient (Wildman–Crippen LogP) is 10.4. The molecule has 2 aliphatic rings. The molecule has 7 nitrogen and oxygen atoms in total. The van der Waals surface area contributed by atoms with Crippen LogP contribution in [0.25, 0.3) is 56.2 Å². The molecule has 2 heterocycles. The Kier molecular flexibility index (Phi) is 8.43. The molecular weight excluding hydrogens is 663 g/mol. The van der Waals surface area contributed by atoms with Crippen molar-refractivity contribution in [3.05, 3.63) is 155 Å². The van der Waals surface area contributed by atoms with Crippen LogP contribution in [0.1, 0.15) is 65.3 Å². The molecule has 5 aromatic carbocycles. The first-order valence-corrected chi connectivity index (χ1v) is 18.3. The van der Waals surface area contributed by atoms with Crippen LogP contribution in [0, 0.1) is 45.8 Å². The van der Waals surface area contributed by atoms with Crippen molar-refractivity contribution in [2.24, 2.45) is 11.8 Å². The van der Waals surface area contributed by atoms with Crippen LogP contribution in [0.5, 0.6) is 0 Å². The van der Waals surface area contributed by atoms with Crippen molar-refractivity contribution in [2.45, 2.75) is 37.5 Å². The van der Waals surface area contributed by atoms with Crippen LogP contribution in [0.2, 0.25) is 0 Å². The highest BCUT2D eigenvalue weighted by Gasteiger charge is 2.41. The fourth-order valence-corrected chi connectivity index (χ4v) is 8.67. The Balaban J connectivity index is 0.953. The smallest absolute Gasteiger partial charge is 0.164 e. The van der Waals surface area contributed by atoms with Gasteiger partial charge in [0.05, 0.1) is 40.4 Å². The summed E-state index contributed by atoms with van der Waals surface area (Å²) in [5.74, 6) is 4.04. The summed E-state index contributed by atoms with van der Waals surface area (Å²) in [5, 5.41) is 29.1. The van der Waals surface area contributed by atoms with Crippen LogP contribution in [0.3, 0.4) is 0 Å². The second-order valence-electron chi connectivity index (χ2n) is 14.5. The third-order valence-corrected chi connectivity index (χ3v) is 11.3. The zero-order valence-electron chi connectivity index (χ0n) is 29.4. The third-order valence-electron chi connectivity index (χ3n) is 11.3. The van der Waals surface area contributed by atoms with Gasteiger partial charge in [0.25, 0.3) is 0 Å². The lowest BCUT2D eigenvalue weighted by Crippen LogP contribution is -2.16. The van der Waals surface area contributed by atoms with Crippen LogP contribution in [0.15, 0.2) is 128 Å². The van der Waals surface area contributed by atoms with Crippen LogP contribution in [-0.4, -0.2) is 19.9 Å². The Morgan fingerprint density at radius 2 is 1.00 bits per heavy atom. The van der Waals surface area contributed by atoms with E-state index in [4.69, 9.17) is 15.0 Å². The Labute approximate surface area is 313 Å². The van der Waals surface area contributed by atoms with E-state index in [1.807, 2.05) is 54.7 Å². The van der Waals surface area contributed by atoms with Gasteiger partial charge in [0, 0.05) is 28.3 Å². The molecule has 2 aliphatic carbocycles. The Hall–Kier alpha value is -7.01. The summed E-state index contributed by atoms with van der Waals surface area (Å²) in [6, 6.07) is 46.7. The van der Waals surface area contributed by atoms with Crippen molar-refractivity contribution in [1.82, 2.24) is 19.9 Å². The van der Waals surface area contributed by atoms with Crippen molar-refractivity contribution in [1.29, 1.82) is 15.8 Å². The van der Waals surface area contributed by atoms with E-state index in [-0.39, 0.29) is 0 Å². The highest BCUT2D eigenvalue weighted by molar-refractivity contribution is 5.95. The molecule has 2 saturated carbocycles. The van der Waals surface area contributed by atoms with E-state index < -0.39 is 0 Å². The number of rotatable bonds is 6. The number of benzene rings is 5. The molecule has 2 aromatic heterocycles. The standard InChI is InChI=1S/C47H33N7/c48-26-29-1-6-36(7-2-29)45-52-46(37-8-3-30(27-49)4-9-37)54-47(53-45)38-16-10-33(11-17-38)39-21-32-22-40(25-39)42(24-32)35-14-12-34(13-15-35)41-19-20-51-44-18-5-31(28-50)23-43(41)44/h1-20,23,32,39-40,42H,21-22,24-25H2. The van der Waals surface area contributed by atoms with E-state index >= 15 is 0 Å². The maximum absolute atomic E-state index is 9.47. The SMILES string of the molecule is N#Cc1ccc(-c2nc(-c3ccc(C#N)cc3)nc(-c3ccc(C4CC5CC(C4)C(c4ccc(-c6ccnc7ccc(C#N)cc67)cc4)C5)cc3)n2)cc1. The second-order valence-corrected chi connectivity index (χ2v) is 14.5. The fourth-order valence-electron chi connectivity index (χ4n) is 8.67. The minimum absolute atomic E-state index is 0.506. The lowest BCUT2D eigenvalue weighted by Gasteiger charge is -2.29. The number of nitrogens with zero attached hydrogens (tertiary/aromatic N) is 7. The monoisotopic (exact) mass is 695 g/mol. The highest BCUT2D eigenvalue weighted by atomic mass is 15.0. The molecule has 0 N–H and O–H groups in total. The number of aromatic nitrogens is 4. The lowest BCUT2D eigenvalue weighted by atomic mass is 9.75. The molecule has 4 atom stereocenters. The van der Waals surface area contributed by atoms with E-state index in [1.165, 1.54) is 36.8 Å². The molecule has 7 heteroatoms. The maximum atomic E-state index is 9.47. The van der Waals surface area contributed by atoms with Gasteiger partial charge in [-0.05, 0) is 144 Å². The van der Waals surface area contributed by atoms with Gasteiger partial charge in [0.1, 0.15) is 0 Å². The zero-order chi connectivity index (χ0) is 36.6. The second kappa shape index (κ2) is 13.8. The van der Waals surface area contributed by atoms with Gasteiger partial charge in [-0.3, -0.25) is 4.98 Å². The maximum Gasteiger partial charge on any atom is 0.164 e. The normalized spacial score (nSPS) is 18.8. The summed E-state index contributed by atoms with van der Waals surface area (Å²) in [4.78, 5) is 19.1. The number of pyridine rings is 1. The molecule has 54 heavy (non-hydrogen) atoms. The number of hydrogen-bond acceptors (Lipinski definition) is 7. The molecule has 0 radical (unpaired) electrons.